The van der Waals surface area contributed by atoms with Crippen LogP contribution < -0.4 is 11.3 Å². The second-order valence-electron chi connectivity index (χ2n) is 4.95. The highest BCUT2D eigenvalue weighted by Crippen LogP contribution is 2.31. The quantitative estimate of drug-likeness (QED) is 0.789. The Morgan fingerprint density at radius 1 is 1.10 bits per heavy atom. The van der Waals surface area contributed by atoms with Crippen LogP contribution in [0.4, 0.5) is 0 Å². The van der Waals surface area contributed by atoms with E-state index >= 15 is 0 Å². The Kier molecular flexibility index (Phi) is 3.53. The molecule has 1 heterocycles. The van der Waals surface area contributed by atoms with Crippen LogP contribution in [0, 0.1) is 0 Å². The number of nitrogens with zero attached hydrogens (tertiary/aromatic N) is 1. The van der Waals surface area contributed by atoms with Crippen molar-refractivity contribution in [2.75, 3.05) is 0 Å². The van der Waals surface area contributed by atoms with E-state index in [2.05, 4.69) is 0 Å². The molecule has 1 aromatic heterocycles. The minimum atomic E-state index is -0.0763. The van der Waals surface area contributed by atoms with Gasteiger partial charge in [0.05, 0.1) is 0 Å². The molecule has 106 valence electrons. The van der Waals surface area contributed by atoms with Gasteiger partial charge in [0.1, 0.15) is 0 Å². The fraction of sp³-hybridized carbons (Fsp3) is 0.118. The molecule has 0 fully saturated rings. The van der Waals surface area contributed by atoms with E-state index in [-0.39, 0.29) is 5.56 Å². The van der Waals surface area contributed by atoms with Crippen molar-refractivity contribution in [1.82, 2.24) is 4.57 Å². The van der Waals surface area contributed by atoms with Crippen LogP contribution >= 0.6 is 11.6 Å². The zero-order valence-electron chi connectivity index (χ0n) is 11.6. The van der Waals surface area contributed by atoms with Crippen molar-refractivity contribution in [1.29, 1.82) is 0 Å². The lowest BCUT2D eigenvalue weighted by Crippen LogP contribution is -2.23. The maximum absolute atomic E-state index is 12.5. The number of nitrogens with two attached hydrogens (primary N) is 1. The smallest absolute Gasteiger partial charge is 0.258 e. The summed E-state index contributed by atoms with van der Waals surface area (Å²) in [5, 5.41) is 2.05. The van der Waals surface area contributed by atoms with Crippen LogP contribution in [0.15, 0.2) is 53.3 Å². The highest BCUT2D eigenvalue weighted by Gasteiger charge is 2.15. The van der Waals surface area contributed by atoms with E-state index in [4.69, 9.17) is 17.3 Å². The van der Waals surface area contributed by atoms with Crippen LogP contribution in [-0.4, -0.2) is 4.57 Å². The van der Waals surface area contributed by atoms with Crippen LogP contribution in [0.2, 0.25) is 5.02 Å². The molecule has 0 amide bonds. The zero-order valence-corrected chi connectivity index (χ0v) is 12.4. The molecule has 2 aromatic carbocycles. The summed E-state index contributed by atoms with van der Waals surface area (Å²) in [6.07, 6.45) is 0. The molecule has 21 heavy (non-hydrogen) atoms. The molecule has 0 spiro atoms. The molecule has 0 bridgehead atoms. The third kappa shape index (κ3) is 2.24. The van der Waals surface area contributed by atoms with Crippen molar-refractivity contribution in [3.05, 3.63) is 69.6 Å². The predicted octanol–water partition coefficient (Wildman–Crippen LogP) is 3.32. The molecular formula is C17H15ClN2O. The standard InChI is InChI=1S/C17H15ClN2O/c1-20-15(10-19)16(11-5-3-2-4-6-11)13-8-7-12(18)9-14(13)17(20)21/h2-9H,10,19H2,1H3. The predicted molar refractivity (Wildman–Crippen MR) is 87.5 cm³/mol. The van der Waals surface area contributed by atoms with E-state index in [1.165, 1.54) is 0 Å². The van der Waals surface area contributed by atoms with Gasteiger partial charge in [-0.25, -0.2) is 0 Å². The fourth-order valence-corrected chi connectivity index (χ4v) is 2.88. The van der Waals surface area contributed by atoms with Gasteiger partial charge in [-0.3, -0.25) is 4.79 Å². The van der Waals surface area contributed by atoms with Crippen LogP contribution in [0.25, 0.3) is 21.9 Å². The van der Waals surface area contributed by atoms with E-state index in [9.17, 15) is 4.79 Å². The van der Waals surface area contributed by atoms with Crippen molar-refractivity contribution < 1.29 is 0 Å². The molecule has 4 heteroatoms. The molecule has 0 saturated carbocycles. The Balaban J connectivity index is 2.52. The molecule has 0 radical (unpaired) electrons. The molecule has 0 unspecified atom stereocenters. The summed E-state index contributed by atoms with van der Waals surface area (Å²) in [5.41, 5.74) is 8.67. The third-order valence-corrected chi connectivity index (χ3v) is 3.97. The maximum atomic E-state index is 12.5. The average Bonchev–Trinajstić information content (AvgIpc) is 2.51. The lowest BCUT2D eigenvalue weighted by Gasteiger charge is -2.16. The van der Waals surface area contributed by atoms with Gasteiger partial charge in [-0.1, -0.05) is 48.0 Å². The molecule has 2 N–H and O–H groups in total. The van der Waals surface area contributed by atoms with Crippen LogP contribution in [0.5, 0.6) is 0 Å². The first-order chi connectivity index (χ1) is 10.1. The molecule has 3 nitrogen and oxygen atoms in total. The summed E-state index contributed by atoms with van der Waals surface area (Å²) in [7, 11) is 1.75. The van der Waals surface area contributed by atoms with Gasteiger partial charge in [-0.15, -0.1) is 0 Å². The second kappa shape index (κ2) is 5.35. The summed E-state index contributed by atoms with van der Waals surface area (Å²) in [6, 6.07) is 15.4. The fourth-order valence-electron chi connectivity index (χ4n) is 2.70. The van der Waals surface area contributed by atoms with E-state index in [1.807, 2.05) is 36.4 Å². The number of pyridine rings is 1. The number of aromatic nitrogens is 1. The minimum absolute atomic E-state index is 0.0763. The van der Waals surface area contributed by atoms with Gasteiger partial charge in [0.25, 0.3) is 5.56 Å². The number of fused-ring (bicyclic) bond motifs is 1. The summed E-state index contributed by atoms with van der Waals surface area (Å²) < 4.78 is 1.61. The summed E-state index contributed by atoms with van der Waals surface area (Å²) in [4.78, 5) is 12.5. The summed E-state index contributed by atoms with van der Waals surface area (Å²) in [6.45, 7) is 0.300. The van der Waals surface area contributed by atoms with Gasteiger partial charge in [0, 0.05) is 35.3 Å². The monoisotopic (exact) mass is 298 g/mol. The van der Waals surface area contributed by atoms with Crippen LogP contribution in [0.1, 0.15) is 5.69 Å². The van der Waals surface area contributed by atoms with Crippen molar-refractivity contribution >= 4 is 22.4 Å². The molecule has 3 rings (SSSR count). The Hall–Kier alpha value is -2.10. The van der Waals surface area contributed by atoms with E-state index in [1.54, 1.807) is 23.7 Å². The molecule has 0 aliphatic rings. The zero-order chi connectivity index (χ0) is 15.0. The first-order valence-corrected chi connectivity index (χ1v) is 7.08. The average molecular weight is 299 g/mol. The Labute approximate surface area is 127 Å². The van der Waals surface area contributed by atoms with Gasteiger partial charge >= 0.3 is 0 Å². The first-order valence-electron chi connectivity index (χ1n) is 6.70. The molecule has 0 aliphatic heterocycles. The summed E-state index contributed by atoms with van der Waals surface area (Å²) in [5.74, 6) is 0. The lowest BCUT2D eigenvalue weighted by molar-refractivity contribution is 0.785. The third-order valence-electron chi connectivity index (χ3n) is 3.74. The lowest BCUT2D eigenvalue weighted by atomic mass is 9.97. The number of rotatable bonds is 2. The number of hydrogen-bond donors (Lipinski definition) is 1. The Bertz CT molecular complexity index is 869. The van der Waals surface area contributed by atoms with Crippen LogP contribution in [0.3, 0.4) is 0 Å². The van der Waals surface area contributed by atoms with E-state index < -0.39 is 0 Å². The first kappa shape index (κ1) is 13.9. The molecular weight excluding hydrogens is 284 g/mol. The topological polar surface area (TPSA) is 48.0 Å². The van der Waals surface area contributed by atoms with E-state index in [0.717, 1.165) is 22.2 Å². The number of hydrogen-bond acceptors (Lipinski definition) is 2. The van der Waals surface area contributed by atoms with Gasteiger partial charge < -0.3 is 10.3 Å². The molecule has 0 aliphatic carbocycles. The van der Waals surface area contributed by atoms with Crippen LogP contribution in [-0.2, 0) is 13.6 Å². The van der Waals surface area contributed by atoms with Gasteiger partial charge in [-0.05, 0) is 23.1 Å². The van der Waals surface area contributed by atoms with E-state index in [0.29, 0.717) is 17.0 Å². The van der Waals surface area contributed by atoms with Gasteiger partial charge in [-0.2, -0.15) is 0 Å². The molecule has 3 aromatic rings. The highest BCUT2D eigenvalue weighted by molar-refractivity contribution is 6.31. The van der Waals surface area contributed by atoms with Gasteiger partial charge in [0.15, 0.2) is 0 Å². The summed E-state index contributed by atoms with van der Waals surface area (Å²) >= 11 is 6.04. The normalized spacial score (nSPS) is 11.0. The SMILES string of the molecule is Cn1c(CN)c(-c2ccccc2)c2ccc(Cl)cc2c1=O. The van der Waals surface area contributed by atoms with Crippen molar-refractivity contribution in [3.63, 3.8) is 0 Å². The largest absolute Gasteiger partial charge is 0.325 e. The highest BCUT2D eigenvalue weighted by atomic mass is 35.5. The molecule has 0 saturated heterocycles. The maximum Gasteiger partial charge on any atom is 0.258 e. The Morgan fingerprint density at radius 3 is 2.48 bits per heavy atom. The second-order valence-corrected chi connectivity index (χ2v) is 5.38. The van der Waals surface area contributed by atoms with Crippen molar-refractivity contribution in [2.24, 2.45) is 12.8 Å². The van der Waals surface area contributed by atoms with Gasteiger partial charge in [0.2, 0.25) is 0 Å². The van der Waals surface area contributed by atoms with Crippen molar-refractivity contribution in [3.8, 4) is 11.1 Å². The number of halogens is 1. The Morgan fingerprint density at radius 2 is 1.81 bits per heavy atom. The molecule has 0 atom stereocenters. The minimum Gasteiger partial charge on any atom is -0.325 e. The van der Waals surface area contributed by atoms with Crippen molar-refractivity contribution in [2.45, 2.75) is 6.54 Å². The number of benzene rings is 2.